The highest BCUT2D eigenvalue weighted by Crippen LogP contribution is 2.43. The summed E-state index contributed by atoms with van der Waals surface area (Å²) in [6.45, 7) is 1.99. The van der Waals surface area contributed by atoms with Crippen LogP contribution in [0.15, 0.2) is 95.9 Å². The molecule has 1 unspecified atom stereocenters. The van der Waals surface area contributed by atoms with Crippen molar-refractivity contribution in [3.63, 3.8) is 0 Å². The molecule has 0 fully saturated rings. The minimum Gasteiger partial charge on any atom is -0.507 e. The second-order valence-corrected chi connectivity index (χ2v) is 7.36. The summed E-state index contributed by atoms with van der Waals surface area (Å²) in [5, 5.41) is 24.1. The third kappa shape index (κ3) is 3.63. The molecule has 3 aromatic carbocycles. The van der Waals surface area contributed by atoms with Gasteiger partial charge in [0.25, 0.3) is 0 Å². The summed E-state index contributed by atoms with van der Waals surface area (Å²) < 4.78 is 0. The molecule has 5 heteroatoms. The Kier molecular flexibility index (Phi) is 5.46. The standard InChI is InChI=1S/C25H22N2O3/c1-17-8-5-15-23(27(30)26-29)24(17)22-14-7-13-21(25(22)28)20-12-6-11-19(16-20)18-9-3-2-4-10-18/h2-7,9-17,28,30H,8H2,1H3. The van der Waals surface area contributed by atoms with Gasteiger partial charge in [-0.25, -0.2) is 0 Å². The van der Waals surface area contributed by atoms with Crippen LogP contribution in [0.4, 0.5) is 0 Å². The van der Waals surface area contributed by atoms with Gasteiger partial charge in [0.15, 0.2) is 0 Å². The average molecular weight is 398 g/mol. The zero-order chi connectivity index (χ0) is 21.1. The zero-order valence-electron chi connectivity index (χ0n) is 16.6. The second-order valence-electron chi connectivity index (χ2n) is 7.36. The van der Waals surface area contributed by atoms with Gasteiger partial charge in [-0.3, -0.25) is 5.21 Å². The van der Waals surface area contributed by atoms with E-state index in [1.54, 1.807) is 12.1 Å². The molecule has 0 bridgehead atoms. The van der Waals surface area contributed by atoms with Gasteiger partial charge in [-0.05, 0) is 46.7 Å². The molecule has 1 atom stereocenters. The zero-order valence-corrected chi connectivity index (χ0v) is 16.6. The molecule has 0 aromatic heterocycles. The number of hydroxylamine groups is 1. The monoisotopic (exact) mass is 398 g/mol. The second kappa shape index (κ2) is 8.35. The molecule has 4 rings (SSSR count). The van der Waals surface area contributed by atoms with Gasteiger partial charge >= 0.3 is 0 Å². The topological polar surface area (TPSA) is 73.1 Å². The first-order chi connectivity index (χ1) is 14.6. The summed E-state index contributed by atoms with van der Waals surface area (Å²) >= 11 is 0. The fraction of sp³-hybridized carbons (Fsp3) is 0.120. The smallest absolute Gasteiger partial charge is 0.130 e. The largest absolute Gasteiger partial charge is 0.507 e. The van der Waals surface area contributed by atoms with Crippen LogP contribution in [0.2, 0.25) is 0 Å². The highest BCUT2D eigenvalue weighted by Gasteiger charge is 2.25. The summed E-state index contributed by atoms with van der Waals surface area (Å²) in [5.41, 5.74) is 5.24. The number of rotatable bonds is 5. The molecule has 0 saturated heterocycles. The Balaban J connectivity index is 1.84. The van der Waals surface area contributed by atoms with Gasteiger partial charge in [0.05, 0.1) is 11.0 Å². The number of aromatic hydroxyl groups is 1. The van der Waals surface area contributed by atoms with E-state index < -0.39 is 0 Å². The van der Waals surface area contributed by atoms with E-state index in [1.165, 1.54) is 0 Å². The molecule has 1 aliphatic rings. The average Bonchev–Trinajstić information content (AvgIpc) is 2.79. The van der Waals surface area contributed by atoms with Crippen LogP contribution < -0.4 is 0 Å². The number of nitrogens with zero attached hydrogens (tertiary/aromatic N) is 2. The molecule has 3 aromatic rings. The maximum atomic E-state index is 11.2. The summed E-state index contributed by atoms with van der Waals surface area (Å²) in [7, 11) is 0. The van der Waals surface area contributed by atoms with Crippen LogP contribution >= 0.6 is 0 Å². The van der Waals surface area contributed by atoms with Crippen molar-refractivity contribution in [1.82, 2.24) is 5.17 Å². The van der Waals surface area contributed by atoms with Crippen LogP contribution in [0.3, 0.4) is 0 Å². The summed E-state index contributed by atoms with van der Waals surface area (Å²) in [4.78, 5) is 10.9. The molecule has 0 radical (unpaired) electrons. The lowest BCUT2D eigenvalue weighted by atomic mass is 9.84. The van der Waals surface area contributed by atoms with Crippen LogP contribution in [-0.2, 0) is 0 Å². The number of para-hydroxylation sites is 1. The van der Waals surface area contributed by atoms with Crippen molar-refractivity contribution in [1.29, 1.82) is 0 Å². The van der Waals surface area contributed by atoms with Crippen molar-refractivity contribution in [3.8, 4) is 28.0 Å². The van der Waals surface area contributed by atoms with Gasteiger partial charge in [-0.2, -0.15) is 0 Å². The van der Waals surface area contributed by atoms with E-state index in [-0.39, 0.29) is 17.4 Å². The number of phenols is 1. The lowest BCUT2D eigenvalue weighted by Gasteiger charge is -2.25. The van der Waals surface area contributed by atoms with Crippen LogP contribution in [0, 0.1) is 10.8 Å². The minimum absolute atomic E-state index is 0.00166. The molecule has 0 aliphatic heterocycles. The Labute approximate surface area is 175 Å². The molecule has 30 heavy (non-hydrogen) atoms. The van der Waals surface area contributed by atoms with Crippen molar-refractivity contribution in [2.24, 2.45) is 11.2 Å². The Morgan fingerprint density at radius 3 is 2.33 bits per heavy atom. The van der Waals surface area contributed by atoms with Crippen molar-refractivity contribution in [3.05, 3.63) is 101 Å². The molecule has 0 saturated carbocycles. The molecule has 0 spiro atoms. The first-order valence-corrected chi connectivity index (χ1v) is 9.81. The normalized spacial score (nSPS) is 15.9. The number of phenolic OH excluding ortho intramolecular Hbond substituents is 1. The Hall–Kier alpha value is -3.70. The quantitative estimate of drug-likeness (QED) is 0.385. The van der Waals surface area contributed by atoms with Crippen molar-refractivity contribution in [2.45, 2.75) is 13.3 Å². The lowest BCUT2D eigenvalue weighted by molar-refractivity contribution is -0.0513. The van der Waals surface area contributed by atoms with E-state index in [0.29, 0.717) is 21.9 Å². The Morgan fingerprint density at radius 1 is 0.900 bits per heavy atom. The predicted octanol–water partition coefficient (Wildman–Crippen LogP) is 6.41. The van der Waals surface area contributed by atoms with Crippen LogP contribution in [0.1, 0.15) is 18.9 Å². The molecule has 1 aliphatic carbocycles. The SMILES string of the molecule is CC1CC=CC(N(O)N=O)=C1c1cccc(-c2cccc(-c3ccccc3)c2)c1O. The molecule has 0 heterocycles. The van der Waals surface area contributed by atoms with Crippen molar-refractivity contribution in [2.75, 3.05) is 0 Å². The molecular formula is C25H22N2O3. The highest BCUT2D eigenvalue weighted by molar-refractivity contribution is 5.84. The fourth-order valence-electron chi connectivity index (χ4n) is 3.96. The van der Waals surface area contributed by atoms with Gasteiger partial charge in [-0.15, -0.1) is 10.1 Å². The van der Waals surface area contributed by atoms with Gasteiger partial charge in [0.1, 0.15) is 5.75 Å². The number of allylic oxidation sites excluding steroid dienone is 3. The minimum atomic E-state index is -0.00166. The van der Waals surface area contributed by atoms with E-state index >= 15 is 0 Å². The van der Waals surface area contributed by atoms with Crippen LogP contribution in [0.25, 0.3) is 27.8 Å². The highest BCUT2D eigenvalue weighted by atomic mass is 16.6. The van der Waals surface area contributed by atoms with Crippen LogP contribution in [-0.4, -0.2) is 15.5 Å². The Bertz CT molecular complexity index is 1140. The maximum absolute atomic E-state index is 11.2. The van der Waals surface area contributed by atoms with Crippen LogP contribution in [0.5, 0.6) is 5.75 Å². The van der Waals surface area contributed by atoms with E-state index in [0.717, 1.165) is 23.1 Å². The van der Waals surface area contributed by atoms with Gasteiger partial charge < -0.3 is 5.11 Å². The number of nitroso groups, excluding NO2 is 1. The van der Waals surface area contributed by atoms with E-state index in [9.17, 15) is 15.2 Å². The summed E-state index contributed by atoms with van der Waals surface area (Å²) in [5.74, 6) is 0.106. The number of benzene rings is 3. The van der Waals surface area contributed by atoms with E-state index in [1.807, 2.05) is 79.7 Å². The molecule has 5 nitrogen and oxygen atoms in total. The molecular weight excluding hydrogens is 376 g/mol. The number of hydrogen-bond acceptors (Lipinski definition) is 4. The van der Waals surface area contributed by atoms with E-state index in [2.05, 4.69) is 5.29 Å². The van der Waals surface area contributed by atoms with E-state index in [4.69, 9.17) is 0 Å². The third-order valence-electron chi connectivity index (χ3n) is 5.43. The molecule has 150 valence electrons. The van der Waals surface area contributed by atoms with Gasteiger partial charge in [0, 0.05) is 11.1 Å². The molecule has 2 N–H and O–H groups in total. The Morgan fingerprint density at radius 2 is 1.57 bits per heavy atom. The fourth-order valence-corrected chi connectivity index (χ4v) is 3.96. The summed E-state index contributed by atoms with van der Waals surface area (Å²) in [6.07, 6.45) is 4.26. The van der Waals surface area contributed by atoms with Crippen molar-refractivity contribution >= 4 is 5.57 Å². The molecule has 0 amide bonds. The van der Waals surface area contributed by atoms with Gasteiger partial charge in [-0.1, -0.05) is 79.7 Å². The van der Waals surface area contributed by atoms with Gasteiger partial charge in [0.2, 0.25) is 0 Å². The maximum Gasteiger partial charge on any atom is 0.130 e. The van der Waals surface area contributed by atoms with Crippen molar-refractivity contribution < 1.29 is 10.3 Å². The third-order valence-corrected chi connectivity index (χ3v) is 5.43. The summed E-state index contributed by atoms with van der Waals surface area (Å²) in [6, 6.07) is 23.6. The lowest BCUT2D eigenvalue weighted by Crippen LogP contribution is -2.16. The first kappa shape index (κ1) is 19.6. The predicted molar refractivity (Wildman–Crippen MR) is 118 cm³/mol. The number of hydrogen-bond donors (Lipinski definition) is 2. The first-order valence-electron chi connectivity index (χ1n) is 9.81.